The van der Waals surface area contributed by atoms with Crippen LogP contribution in [-0.4, -0.2) is 16.9 Å². The second kappa shape index (κ2) is 7.12. The fourth-order valence-corrected chi connectivity index (χ4v) is 3.80. The van der Waals surface area contributed by atoms with Gasteiger partial charge in [-0.2, -0.15) is 5.26 Å². The summed E-state index contributed by atoms with van der Waals surface area (Å²) in [5, 5.41) is 14.8. The maximum atomic E-state index is 14.2. The van der Waals surface area contributed by atoms with Crippen LogP contribution in [0.2, 0.25) is 0 Å². The van der Waals surface area contributed by atoms with Crippen molar-refractivity contribution in [2.75, 3.05) is 0 Å². The molecule has 1 aromatic heterocycles. The minimum Gasteiger partial charge on any atom is -0.322 e. The quantitative estimate of drug-likeness (QED) is 0.461. The van der Waals surface area contributed by atoms with Gasteiger partial charge >= 0.3 is 0 Å². The van der Waals surface area contributed by atoms with Gasteiger partial charge in [-0.25, -0.2) is 9.38 Å². The number of carbonyl (C=O) groups excluding carboxylic acids is 1. The van der Waals surface area contributed by atoms with E-state index < -0.39 is 17.0 Å². The van der Waals surface area contributed by atoms with Gasteiger partial charge in [-0.15, -0.1) is 0 Å². The van der Waals surface area contributed by atoms with E-state index in [0.717, 1.165) is 5.39 Å². The predicted molar refractivity (Wildman–Crippen MR) is 111 cm³/mol. The Balaban J connectivity index is 1.82. The zero-order chi connectivity index (χ0) is 21.5. The molecule has 3 N–H and O–H groups in total. The van der Waals surface area contributed by atoms with E-state index >= 15 is 0 Å². The summed E-state index contributed by atoms with van der Waals surface area (Å²) in [6.45, 7) is 3.55. The smallest absolute Gasteiger partial charge is 0.259 e. The SMILES string of the molecule is CC(C)C1(c2ccc(-c3ccc4cccc(F)c4c3)[nH]c2=O)N=C(NC#N)NC1=O. The molecule has 8 heteroatoms. The lowest BCUT2D eigenvalue weighted by Gasteiger charge is -2.27. The molecule has 3 aromatic rings. The first-order valence-electron chi connectivity index (χ1n) is 9.35. The standard InChI is InChI=1S/C22H18FN5O2/c1-12(2)22(20(30)27-21(28-22)25-11-24)16-8-9-18(26-19(16)29)14-7-6-13-4-3-5-17(23)15(13)10-14/h3-10,12H,1-2H3,(H,26,29)(H2,25,27,28,30). The molecule has 7 nitrogen and oxygen atoms in total. The summed E-state index contributed by atoms with van der Waals surface area (Å²) in [5.41, 5.74) is -0.639. The molecule has 2 aromatic carbocycles. The molecule has 2 heterocycles. The number of aromatic amines is 1. The number of fused-ring (bicyclic) bond motifs is 1. The highest BCUT2D eigenvalue weighted by atomic mass is 19.1. The number of aliphatic imine (C=N–C) groups is 1. The van der Waals surface area contributed by atoms with E-state index in [9.17, 15) is 14.0 Å². The first-order valence-corrected chi connectivity index (χ1v) is 9.35. The summed E-state index contributed by atoms with van der Waals surface area (Å²) in [7, 11) is 0. The molecule has 1 amide bonds. The summed E-state index contributed by atoms with van der Waals surface area (Å²) >= 11 is 0. The Morgan fingerprint density at radius 2 is 1.97 bits per heavy atom. The van der Waals surface area contributed by atoms with E-state index in [1.54, 1.807) is 56.4 Å². The number of hydrogen-bond donors (Lipinski definition) is 3. The molecule has 0 saturated carbocycles. The monoisotopic (exact) mass is 403 g/mol. The zero-order valence-corrected chi connectivity index (χ0v) is 16.3. The highest BCUT2D eigenvalue weighted by Gasteiger charge is 2.49. The first-order chi connectivity index (χ1) is 14.4. The summed E-state index contributed by atoms with van der Waals surface area (Å²) in [5.74, 6) is -1.18. The normalized spacial score (nSPS) is 18.2. The topological polar surface area (TPSA) is 110 Å². The zero-order valence-electron chi connectivity index (χ0n) is 16.3. The van der Waals surface area contributed by atoms with Gasteiger partial charge < -0.3 is 4.98 Å². The summed E-state index contributed by atoms with van der Waals surface area (Å²) in [6.07, 6.45) is 1.71. The molecule has 1 aliphatic rings. The summed E-state index contributed by atoms with van der Waals surface area (Å²) < 4.78 is 14.2. The average Bonchev–Trinajstić information content (AvgIpc) is 3.05. The third kappa shape index (κ3) is 2.92. The van der Waals surface area contributed by atoms with Crippen molar-refractivity contribution in [2.45, 2.75) is 19.4 Å². The van der Waals surface area contributed by atoms with Crippen LogP contribution in [0, 0.1) is 23.2 Å². The van der Waals surface area contributed by atoms with Gasteiger partial charge in [0.05, 0.1) is 5.56 Å². The molecule has 0 saturated heterocycles. The van der Waals surface area contributed by atoms with Gasteiger partial charge in [0.25, 0.3) is 11.5 Å². The van der Waals surface area contributed by atoms with Crippen molar-refractivity contribution in [3.8, 4) is 17.5 Å². The fourth-order valence-electron chi connectivity index (χ4n) is 3.80. The number of guanidine groups is 1. The third-order valence-electron chi connectivity index (χ3n) is 5.34. The average molecular weight is 403 g/mol. The van der Waals surface area contributed by atoms with Crippen LogP contribution in [0.1, 0.15) is 19.4 Å². The number of pyridine rings is 1. The van der Waals surface area contributed by atoms with Gasteiger partial charge in [0.2, 0.25) is 5.96 Å². The molecule has 1 atom stereocenters. The van der Waals surface area contributed by atoms with Gasteiger partial charge in [-0.05, 0) is 41.1 Å². The van der Waals surface area contributed by atoms with Gasteiger partial charge in [0.1, 0.15) is 5.82 Å². The number of amides is 1. The van der Waals surface area contributed by atoms with Crippen LogP contribution in [0.3, 0.4) is 0 Å². The Hall–Kier alpha value is -3.99. The van der Waals surface area contributed by atoms with E-state index in [0.29, 0.717) is 16.6 Å². The Kier molecular flexibility index (Phi) is 4.59. The number of rotatable bonds is 3. The Morgan fingerprint density at radius 1 is 1.17 bits per heavy atom. The molecule has 0 fully saturated rings. The molecule has 1 aliphatic heterocycles. The highest BCUT2D eigenvalue weighted by Crippen LogP contribution is 2.35. The van der Waals surface area contributed by atoms with Crippen LogP contribution in [0.4, 0.5) is 4.39 Å². The first kappa shape index (κ1) is 19.3. The second-order valence-electron chi connectivity index (χ2n) is 7.36. The third-order valence-corrected chi connectivity index (χ3v) is 5.34. The van der Waals surface area contributed by atoms with Crippen LogP contribution >= 0.6 is 0 Å². The predicted octanol–water partition coefficient (Wildman–Crippen LogP) is 2.74. The van der Waals surface area contributed by atoms with Gasteiger partial charge in [-0.1, -0.05) is 38.1 Å². The van der Waals surface area contributed by atoms with Gasteiger partial charge in [0, 0.05) is 11.1 Å². The van der Waals surface area contributed by atoms with Crippen molar-refractivity contribution in [2.24, 2.45) is 10.9 Å². The van der Waals surface area contributed by atoms with Crippen molar-refractivity contribution in [1.29, 1.82) is 5.26 Å². The molecule has 0 aliphatic carbocycles. The molecule has 1 unspecified atom stereocenters. The van der Waals surface area contributed by atoms with E-state index in [4.69, 9.17) is 5.26 Å². The van der Waals surface area contributed by atoms with Crippen LogP contribution in [-0.2, 0) is 10.3 Å². The molecule has 4 rings (SSSR count). The van der Waals surface area contributed by atoms with Crippen molar-refractivity contribution in [1.82, 2.24) is 15.6 Å². The fraction of sp³-hybridized carbons (Fsp3) is 0.182. The number of carbonyl (C=O) groups is 1. The largest absolute Gasteiger partial charge is 0.322 e. The minimum absolute atomic E-state index is 0.00433. The summed E-state index contributed by atoms with van der Waals surface area (Å²) in [6, 6.07) is 13.3. The van der Waals surface area contributed by atoms with Gasteiger partial charge in [-0.3, -0.25) is 20.2 Å². The van der Waals surface area contributed by atoms with Crippen LogP contribution in [0.5, 0.6) is 0 Å². The Labute approximate surface area is 171 Å². The van der Waals surface area contributed by atoms with Gasteiger partial charge in [0.15, 0.2) is 11.7 Å². The lowest BCUT2D eigenvalue weighted by molar-refractivity contribution is -0.125. The number of nitrogens with one attached hydrogen (secondary N) is 3. The number of H-pyrrole nitrogens is 1. The maximum Gasteiger partial charge on any atom is 0.259 e. The number of nitriles is 1. The summed E-state index contributed by atoms with van der Waals surface area (Å²) in [4.78, 5) is 32.8. The number of hydrogen-bond acceptors (Lipinski definition) is 5. The highest BCUT2D eigenvalue weighted by molar-refractivity contribution is 6.08. The molecule has 0 spiro atoms. The number of halogens is 1. The maximum absolute atomic E-state index is 14.2. The van der Waals surface area contributed by atoms with Crippen LogP contribution in [0.25, 0.3) is 22.0 Å². The molecular formula is C22H18FN5O2. The number of benzene rings is 2. The van der Waals surface area contributed by atoms with E-state index in [2.05, 4.69) is 20.6 Å². The van der Waals surface area contributed by atoms with Crippen molar-refractivity contribution < 1.29 is 9.18 Å². The number of nitrogens with zero attached hydrogens (tertiary/aromatic N) is 2. The Morgan fingerprint density at radius 3 is 2.67 bits per heavy atom. The van der Waals surface area contributed by atoms with Crippen molar-refractivity contribution >= 4 is 22.6 Å². The molecule has 0 radical (unpaired) electrons. The van der Waals surface area contributed by atoms with E-state index in [-0.39, 0.29) is 23.3 Å². The van der Waals surface area contributed by atoms with Crippen molar-refractivity contribution in [3.63, 3.8) is 0 Å². The lowest BCUT2D eigenvalue weighted by Crippen LogP contribution is -2.45. The number of aromatic nitrogens is 1. The second-order valence-corrected chi connectivity index (χ2v) is 7.36. The Bertz CT molecular complexity index is 1300. The minimum atomic E-state index is -1.46. The molecule has 30 heavy (non-hydrogen) atoms. The van der Waals surface area contributed by atoms with Crippen molar-refractivity contribution in [3.05, 3.63) is 70.3 Å². The lowest BCUT2D eigenvalue weighted by atomic mass is 9.80. The molecule has 150 valence electrons. The molecule has 0 bridgehead atoms. The molecular weight excluding hydrogens is 385 g/mol. The van der Waals surface area contributed by atoms with E-state index in [1.165, 1.54) is 6.07 Å². The van der Waals surface area contributed by atoms with Crippen LogP contribution < -0.4 is 16.2 Å². The van der Waals surface area contributed by atoms with E-state index in [1.807, 2.05) is 6.07 Å². The van der Waals surface area contributed by atoms with Crippen LogP contribution in [0.15, 0.2) is 58.3 Å².